The van der Waals surface area contributed by atoms with Gasteiger partial charge in [-0.15, -0.1) is 0 Å². The van der Waals surface area contributed by atoms with Gasteiger partial charge in [-0.1, -0.05) is 44.9 Å². The minimum Gasteiger partial charge on any atom is -0.352 e. The number of anilines is 1. The second-order valence-electron chi connectivity index (χ2n) is 9.23. The molecule has 0 saturated carbocycles. The molecule has 0 atom stereocenters. The van der Waals surface area contributed by atoms with Gasteiger partial charge in [0.25, 0.3) is 0 Å². The van der Waals surface area contributed by atoms with E-state index in [2.05, 4.69) is 36.1 Å². The van der Waals surface area contributed by atoms with Crippen LogP contribution in [0.1, 0.15) is 45.9 Å². The Morgan fingerprint density at radius 1 is 1.18 bits per heavy atom. The van der Waals surface area contributed by atoms with E-state index in [1.54, 1.807) is 0 Å². The maximum absolute atomic E-state index is 12.5. The number of carbonyl (C=O) groups excluding carboxylic acids is 1. The highest BCUT2D eigenvalue weighted by Gasteiger charge is 2.25. The number of hydrogen-bond donors (Lipinski definition) is 1. The molecule has 8 nitrogen and oxygen atoms in total. The molecule has 0 radical (unpaired) electrons. The number of amides is 2. The Balaban J connectivity index is 1.61. The fraction of sp³-hybridized carbons (Fsp3) is 0.520. The summed E-state index contributed by atoms with van der Waals surface area (Å²) in [6, 6.07) is 7.65. The van der Waals surface area contributed by atoms with Gasteiger partial charge in [-0.05, 0) is 37.0 Å². The Bertz CT molecular complexity index is 1120. The Morgan fingerprint density at radius 2 is 1.97 bits per heavy atom. The van der Waals surface area contributed by atoms with Gasteiger partial charge in [-0.2, -0.15) is 5.10 Å². The molecule has 1 aromatic carbocycles. The van der Waals surface area contributed by atoms with Crippen molar-refractivity contribution in [2.45, 2.75) is 46.5 Å². The van der Waals surface area contributed by atoms with Crippen molar-refractivity contribution in [2.24, 2.45) is 5.92 Å². The molecule has 0 spiro atoms. The standard InChI is InChI=1S/C25H34ClN7O/c1-4-5-11-27-25(34)32-14-12-31(13-15-32)23-21-17-28-33(20-8-6-7-19(26)16-20)24(21)30-22(29-23)10-9-18(2)3/h6-8,16-18H,4-5,9-15H2,1-3H3,(H,27,34). The van der Waals surface area contributed by atoms with Crippen LogP contribution in [0.2, 0.25) is 5.02 Å². The van der Waals surface area contributed by atoms with Crippen molar-refractivity contribution >= 4 is 34.5 Å². The molecule has 182 valence electrons. The van der Waals surface area contributed by atoms with Gasteiger partial charge in [0.2, 0.25) is 0 Å². The fourth-order valence-electron chi connectivity index (χ4n) is 4.11. The molecule has 2 amide bonds. The molecule has 1 N–H and O–H groups in total. The van der Waals surface area contributed by atoms with Gasteiger partial charge >= 0.3 is 6.03 Å². The molecule has 1 aliphatic heterocycles. The summed E-state index contributed by atoms with van der Waals surface area (Å²) in [5.41, 5.74) is 1.65. The van der Waals surface area contributed by atoms with Gasteiger partial charge < -0.3 is 15.1 Å². The number of nitrogens with one attached hydrogen (secondary N) is 1. The lowest BCUT2D eigenvalue weighted by Crippen LogP contribution is -2.52. The average Bonchev–Trinajstić information content (AvgIpc) is 3.26. The highest BCUT2D eigenvalue weighted by molar-refractivity contribution is 6.30. The Labute approximate surface area is 206 Å². The lowest BCUT2D eigenvalue weighted by Gasteiger charge is -2.35. The monoisotopic (exact) mass is 483 g/mol. The van der Waals surface area contributed by atoms with E-state index in [9.17, 15) is 4.79 Å². The second kappa shape index (κ2) is 11.0. The number of nitrogens with zero attached hydrogens (tertiary/aromatic N) is 6. The molecule has 0 bridgehead atoms. The third kappa shape index (κ3) is 5.60. The molecule has 0 unspecified atom stereocenters. The van der Waals surface area contributed by atoms with Crippen molar-refractivity contribution in [1.29, 1.82) is 0 Å². The molecule has 1 saturated heterocycles. The number of piperazine rings is 1. The minimum atomic E-state index is 0.0207. The maximum atomic E-state index is 12.5. The molecular formula is C25H34ClN7O. The molecular weight excluding hydrogens is 450 g/mol. The summed E-state index contributed by atoms with van der Waals surface area (Å²) < 4.78 is 1.84. The topological polar surface area (TPSA) is 79.2 Å². The Morgan fingerprint density at radius 3 is 2.68 bits per heavy atom. The van der Waals surface area contributed by atoms with Crippen LogP contribution in [0.5, 0.6) is 0 Å². The molecule has 4 rings (SSSR count). The first-order chi connectivity index (χ1) is 16.5. The zero-order valence-electron chi connectivity index (χ0n) is 20.3. The van der Waals surface area contributed by atoms with E-state index in [0.717, 1.165) is 73.7 Å². The first-order valence-corrected chi connectivity index (χ1v) is 12.6. The van der Waals surface area contributed by atoms with Gasteiger partial charge in [-0.3, -0.25) is 0 Å². The van der Waals surface area contributed by atoms with Crippen molar-refractivity contribution in [3.05, 3.63) is 41.3 Å². The molecule has 2 aromatic heterocycles. The average molecular weight is 484 g/mol. The van der Waals surface area contributed by atoms with Gasteiger partial charge in [0.15, 0.2) is 5.65 Å². The lowest BCUT2D eigenvalue weighted by molar-refractivity contribution is 0.194. The van der Waals surface area contributed by atoms with Crippen LogP contribution < -0.4 is 10.2 Å². The van der Waals surface area contributed by atoms with Crippen LogP contribution in [0.4, 0.5) is 10.6 Å². The zero-order valence-corrected chi connectivity index (χ0v) is 21.1. The van der Waals surface area contributed by atoms with E-state index >= 15 is 0 Å². The summed E-state index contributed by atoms with van der Waals surface area (Å²) in [5.74, 6) is 2.28. The highest BCUT2D eigenvalue weighted by Crippen LogP contribution is 2.28. The number of unbranched alkanes of at least 4 members (excludes halogenated alkanes) is 1. The Kier molecular flexibility index (Phi) is 7.88. The number of aromatic nitrogens is 4. The number of benzene rings is 1. The van der Waals surface area contributed by atoms with E-state index in [-0.39, 0.29) is 6.03 Å². The third-order valence-electron chi connectivity index (χ3n) is 6.13. The van der Waals surface area contributed by atoms with Crippen molar-refractivity contribution in [3.63, 3.8) is 0 Å². The quantitative estimate of drug-likeness (QED) is 0.470. The van der Waals surface area contributed by atoms with Gasteiger partial charge in [0.05, 0.1) is 17.3 Å². The molecule has 9 heteroatoms. The molecule has 1 fully saturated rings. The number of fused-ring (bicyclic) bond motifs is 1. The largest absolute Gasteiger partial charge is 0.352 e. The van der Waals surface area contributed by atoms with E-state index in [0.29, 0.717) is 24.0 Å². The van der Waals surface area contributed by atoms with Crippen molar-refractivity contribution < 1.29 is 4.79 Å². The molecule has 3 heterocycles. The van der Waals surface area contributed by atoms with Gasteiger partial charge in [0, 0.05) is 44.2 Å². The van der Waals surface area contributed by atoms with Crippen LogP contribution in [0, 0.1) is 5.92 Å². The molecule has 0 aliphatic carbocycles. The summed E-state index contributed by atoms with van der Waals surface area (Å²) in [6.07, 6.45) is 5.73. The molecule has 1 aliphatic rings. The van der Waals surface area contributed by atoms with Crippen molar-refractivity contribution in [2.75, 3.05) is 37.6 Å². The van der Waals surface area contributed by atoms with E-state index in [1.165, 1.54) is 0 Å². The smallest absolute Gasteiger partial charge is 0.317 e. The zero-order chi connectivity index (χ0) is 24.1. The summed E-state index contributed by atoms with van der Waals surface area (Å²) in [6.45, 7) is 10.0. The predicted molar refractivity (Wildman–Crippen MR) is 137 cm³/mol. The number of urea groups is 1. The highest BCUT2D eigenvalue weighted by atomic mass is 35.5. The van der Waals surface area contributed by atoms with Crippen LogP contribution in [0.25, 0.3) is 16.7 Å². The summed E-state index contributed by atoms with van der Waals surface area (Å²) in [4.78, 5) is 26.5. The number of halogens is 1. The van der Waals surface area contributed by atoms with Gasteiger partial charge in [-0.25, -0.2) is 19.4 Å². The number of hydrogen-bond acceptors (Lipinski definition) is 5. The minimum absolute atomic E-state index is 0.0207. The van der Waals surface area contributed by atoms with Crippen LogP contribution in [0.15, 0.2) is 30.5 Å². The SMILES string of the molecule is CCCCNC(=O)N1CCN(c2nc(CCC(C)C)nc3c2cnn3-c2cccc(Cl)c2)CC1. The molecule has 34 heavy (non-hydrogen) atoms. The summed E-state index contributed by atoms with van der Waals surface area (Å²) in [7, 11) is 0. The van der Waals surface area contributed by atoms with E-state index < -0.39 is 0 Å². The van der Waals surface area contributed by atoms with Crippen LogP contribution in [-0.4, -0.2) is 63.4 Å². The predicted octanol–water partition coefficient (Wildman–Crippen LogP) is 4.69. The summed E-state index contributed by atoms with van der Waals surface area (Å²) in [5, 5.41) is 9.22. The number of rotatable bonds is 8. The van der Waals surface area contributed by atoms with Crippen LogP contribution >= 0.6 is 11.6 Å². The lowest BCUT2D eigenvalue weighted by atomic mass is 10.1. The number of carbonyl (C=O) groups is 1. The third-order valence-corrected chi connectivity index (χ3v) is 6.36. The molecule has 3 aromatic rings. The van der Waals surface area contributed by atoms with Crippen LogP contribution in [0.3, 0.4) is 0 Å². The van der Waals surface area contributed by atoms with E-state index in [1.807, 2.05) is 40.0 Å². The van der Waals surface area contributed by atoms with Crippen LogP contribution in [-0.2, 0) is 6.42 Å². The number of aryl methyl sites for hydroxylation is 1. The summed E-state index contributed by atoms with van der Waals surface area (Å²) >= 11 is 6.24. The fourth-order valence-corrected chi connectivity index (χ4v) is 4.29. The van der Waals surface area contributed by atoms with Crippen molar-refractivity contribution in [1.82, 2.24) is 30.0 Å². The first-order valence-electron chi connectivity index (χ1n) is 12.2. The maximum Gasteiger partial charge on any atom is 0.317 e. The van der Waals surface area contributed by atoms with E-state index in [4.69, 9.17) is 21.6 Å². The first kappa shape index (κ1) is 24.3. The van der Waals surface area contributed by atoms with Gasteiger partial charge in [0.1, 0.15) is 11.6 Å². The Hall–Kier alpha value is -2.87. The van der Waals surface area contributed by atoms with Crippen molar-refractivity contribution in [3.8, 4) is 5.69 Å². The second-order valence-corrected chi connectivity index (χ2v) is 9.67. The normalized spacial score (nSPS) is 14.3.